The molecule has 0 aliphatic rings. The summed E-state index contributed by atoms with van der Waals surface area (Å²) in [7, 11) is 1.63. The van der Waals surface area contributed by atoms with Crippen molar-refractivity contribution in [2.24, 2.45) is 0 Å². The van der Waals surface area contributed by atoms with Crippen molar-refractivity contribution >= 4 is 78.1 Å². The molecule has 16 heteroatoms. The highest BCUT2D eigenvalue weighted by Gasteiger charge is 2.37. The van der Waals surface area contributed by atoms with Gasteiger partial charge < -0.3 is 5.32 Å². The number of halogens is 9. The van der Waals surface area contributed by atoms with Crippen LogP contribution in [0.3, 0.4) is 0 Å². The summed E-state index contributed by atoms with van der Waals surface area (Å²) in [5, 5.41) is 2.77. The summed E-state index contributed by atoms with van der Waals surface area (Å²) in [6.07, 6.45) is -6.51. The maximum Gasteiger partial charge on any atom is 0.434 e. The fourth-order valence-electron chi connectivity index (χ4n) is 2.74. The maximum atomic E-state index is 12.7. The number of anilines is 1. The van der Waals surface area contributed by atoms with E-state index in [0.29, 0.717) is 10.2 Å². The van der Waals surface area contributed by atoms with E-state index in [4.69, 9.17) is 0 Å². The minimum Gasteiger partial charge on any atom is -0.388 e. The van der Waals surface area contributed by atoms with Crippen molar-refractivity contribution in [2.75, 3.05) is 12.4 Å². The maximum absolute atomic E-state index is 12.7. The first-order chi connectivity index (χ1) is 16.1. The van der Waals surface area contributed by atoms with E-state index < -0.39 is 42.0 Å². The smallest absolute Gasteiger partial charge is 0.388 e. The zero-order valence-corrected chi connectivity index (χ0v) is 22.9. The van der Waals surface area contributed by atoms with E-state index in [1.165, 1.54) is 69.7 Å². The number of hydrogen-bond acceptors (Lipinski definition) is 5. The van der Waals surface area contributed by atoms with Gasteiger partial charge in [-0.25, -0.2) is 9.97 Å². The number of nitrogens with zero attached hydrogens (tertiary/aromatic N) is 4. The molecule has 0 bridgehead atoms. The summed E-state index contributed by atoms with van der Waals surface area (Å²) in [4.78, 5) is 30.5. The van der Waals surface area contributed by atoms with Crippen molar-refractivity contribution in [3.05, 3.63) is 80.4 Å². The molecule has 0 aromatic carbocycles. The monoisotopic (exact) mass is 787 g/mol. The van der Waals surface area contributed by atoms with Crippen molar-refractivity contribution in [1.29, 1.82) is 0 Å². The highest BCUT2D eigenvalue weighted by Crippen LogP contribution is 2.31. The fraction of sp³-hybridized carbons (Fsp3) is 0.158. The zero-order valence-electron chi connectivity index (χ0n) is 17.0. The number of alkyl halides is 6. The number of nitrogens with one attached hydrogen (secondary N) is 1. The molecule has 35 heavy (non-hydrogen) atoms. The highest BCUT2D eigenvalue weighted by molar-refractivity contribution is 14.1. The van der Waals surface area contributed by atoms with Gasteiger partial charge in [-0.2, -0.15) is 26.3 Å². The van der Waals surface area contributed by atoms with Crippen molar-refractivity contribution in [1.82, 2.24) is 18.8 Å². The van der Waals surface area contributed by atoms with E-state index in [2.05, 4.69) is 31.2 Å². The number of hydrogen-bond donors (Lipinski definition) is 1. The number of pyridine rings is 2. The molecule has 0 saturated heterocycles. The average molecular weight is 788 g/mol. The molecule has 4 aromatic heterocycles. The van der Waals surface area contributed by atoms with E-state index >= 15 is 0 Å². The van der Waals surface area contributed by atoms with E-state index in [0.717, 1.165) is 8.80 Å². The predicted molar refractivity (Wildman–Crippen MR) is 136 cm³/mol. The molecule has 4 aromatic rings. The van der Waals surface area contributed by atoms with Crippen LogP contribution in [-0.4, -0.2) is 25.8 Å². The average Bonchev–Trinajstić information content (AvgIpc) is 2.77. The Balaban J connectivity index is 0.000000196. The molecule has 186 valence electrons. The van der Waals surface area contributed by atoms with Crippen molar-refractivity contribution in [2.45, 2.75) is 12.4 Å². The fourth-order valence-corrected chi connectivity index (χ4v) is 4.43. The lowest BCUT2D eigenvalue weighted by Gasteiger charge is -2.10. The van der Waals surface area contributed by atoms with Crippen LogP contribution in [0.15, 0.2) is 50.7 Å². The number of aromatic nitrogens is 4. The number of rotatable bonds is 1. The van der Waals surface area contributed by atoms with Crippen LogP contribution in [0.4, 0.5) is 32.0 Å². The van der Waals surface area contributed by atoms with E-state index in [1.807, 2.05) is 0 Å². The minimum absolute atomic E-state index is 0.0420. The van der Waals surface area contributed by atoms with Crippen LogP contribution in [0, 0.1) is 7.14 Å². The van der Waals surface area contributed by atoms with E-state index in [9.17, 15) is 35.9 Å². The predicted octanol–water partition coefficient (Wildman–Crippen LogP) is 5.44. The van der Waals surface area contributed by atoms with E-state index in [1.54, 1.807) is 19.2 Å². The molecule has 0 saturated carbocycles. The van der Waals surface area contributed by atoms with Gasteiger partial charge in [0, 0.05) is 35.7 Å². The summed E-state index contributed by atoms with van der Waals surface area (Å²) >= 11 is 5.84. The van der Waals surface area contributed by atoms with Gasteiger partial charge in [0.1, 0.15) is 18.4 Å². The first-order valence-corrected chi connectivity index (χ1v) is 12.0. The standard InChI is InChI=1S/C10H7F3IN3O.C9H3BrF3IN2O/c1-15-5-2-3-17-6(4-5)16-8(10(11,12)13)7(14)9(17)18;10-4-1-2-16-5(3-4)15-7(9(11,12)13)6(14)8(16)17/h2-4,15H,1H3;1-3H. The molecule has 0 radical (unpaired) electrons. The topological polar surface area (TPSA) is 80.8 Å². The third-order valence-electron chi connectivity index (χ3n) is 4.34. The highest BCUT2D eigenvalue weighted by atomic mass is 127. The molecule has 0 aliphatic carbocycles. The molecular weight excluding hydrogens is 778 g/mol. The normalized spacial score (nSPS) is 11.9. The Hall–Kier alpha value is -1.96. The van der Waals surface area contributed by atoms with Crippen LogP contribution in [-0.2, 0) is 12.4 Å². The van der Waals surface area contributed by atoms with E-state index in [-0.39, 0.29) is 11.3 Å². The third kappa shape index (κ3) is 5.89. The molecule has 0 amide bonds. The first kappa shape index (κ1) is 27.6. The Morgan fingerprint density at radius 3 is 1.69 bits per heavy atom. The molecule has 0 spiro atoms. The van der Waals surface area contributed by atoms with Gasteiger partial charge in [0.15, 0.2) is 11.4 Å². The lowest BCUT2D eigenvalue weighted by molar-refractivity contribution is -0.142. The molecule has 0 aliphatic heterocycles. The molecular formula is C19H10BrF6I2N5O2. The molecule has 4 heterocycles. The quantitative estimate of drug-likeness (QED) is 0.206. The van der Waals surface area contributed by atoms with Gasteiger partial charge in [-0.15, -0.1) is 0 Å². The second-order valence-corrected chi connectivity index (χ2v) is 9.69. The lowest BCUT2D eigenvalue weighted by atomic mass is 10.3. The van der Waals surface area contributed by atoms with Crippen LogP contribution >= 0.6 is 61.1 Å². The summed E-state index contributed by atoms with van der Waals surface area (Å²) in [6, 6.07) is 5.87. The van der Waals surface area contributed by atoms with Crippen molar-refractivity contribution in [3.63, 3.8) is 0 Å². The van der Waals surface area contributed by atoms with Gasteiger partial charge in [-0.05, 0) is 63.4 Å². The van der Waals surface area contributed by atoms with Gasteiger partial charge in [-0.1, -0.05) is 15.9 Å². The van der Waals surface area contributed by atoms with Crippen LogP contribution in [0.1, 0.15) is 11.4 Å². The summed E-state index contributed by atoms with van der Waals surface area (Å²) in [5.41, 5.74) is -3.26. The Morgan fingerprint density at radius 1 is 0.829 bits per heavy atom. The molecule has 1 N–H and O–H groups in total. The van der Waals surface area contributed by atoms with Crippen molar-refractivity contribution < 1.29 is 26.3 Å². The van der Waals surface area contributed by atoms with Gasteiger partial charge in [0.05, 0.1) is 0 Å². The van der Waals surface area contributed by atoms with Gasteiger partial charge in [-0.3, -0.25) is 18.4 Å². The number of fused-ring (bicyclic) bond motifs is 2. The van der Waals surface area contributed by atoms with Crippen LogP contribution in [0.2, 0.25) is 0 Å². The van der Waals surface area contributed by atoms with Crippen LogP contribution < -0.4 is 16.4 Å². The third-order valence-corrected chi connectivity index (χ3v) is 6.78. The van der Waals surface area contributed by atoms with Gasteiger partial charge >= 0.3 is 12.4 Å². The Bertz CT molecular complexity index is 1550. The first-order valence-electron chi connectivity index (χ1n) is 9.06. The molecule has 0 atom stereocenters. The summed E-state index contributed by atoms with van der Waals surface area (Å²) in [6.45, 7) is 0. The Kier molecular flexibility index (Phi) is 8.04. The summed E-state index contributed by atoms with van der Waals surface area (Å²) < 4.78 is 77.9. The van der Waals surface area contributed by atoms with Crippen LogP contribution in [0.25, 0.3) is 11.3 Å². The Morgan fingerprint density at radius 2 is 1.26 bits per heavy atom. The SMILES string of the molecule is CNc1ccn2c(=O)c(I)c(C(F)(F)F)nc2c1.O=c1c(I)c(C(F)(F)F)nc2cc(Br)ccn12. The van der Waals surface area contributed by atoms with Crippen molar-refractivity contribution in [3.8, 4) is 0 Å². The molecule has 0 fully saturated rings. The van der Waals surface area contributed by atoms with Gasteiger partial charge in [0.2, 0.25) is 0 Å². The zero-order chi connectivity index (χ0) is 26.3. The lowest BCUT2D eigenvalue weighted by Crippen LogP contribution is -2.24. The molecule has 0 unspecified atom stereocenters. The second-order valence-electron chi connectivity index (χ2n) is 6.62. The largest absolute Gasteiger partial charge is 0.434 e. The Labute approximate surface area is 227 Å². The van der Waals surface area contributed by atoms with Crippen LogP contribution in [0.5, 0.6) is 0 Å². The summed E-state index contributed by atoms with van der Waals surface area (Å²) in [5.74, 6) is 0. The molecule has 7 nitrogen and oxygen atoms in total. The second kappa shape index (κ2) is 10.2. The molecule has 4 rings (SSSR count). The van der Waals surface area contributed by atoms with Gasteiger partial charge in [0.25, 0.3) is 11.1 Å². The minimum atomic E-state index is -4.64.